The van der Waals surface area contributed by atoms with Gasteiger partial charge in [-0.05, 0) is 74.4 Å². The SMILES string of the molecule is C=CCOC.CCCC(CCNC)C1c2ccccc2CCCc2cccnc21. The van der Waals surface area contributed by atoms with E-state index >= 15 is 0 Å². The largest absolute Gasteiger partial charge is 0.381 e. The van der Waals surface area contributed by atoms with E-state index in [9.17, 15) is 0 Å². The number of aromatic nitrogens is 1. The van der Waals surface area contributed by atoms with Crippen molar-refractivity contribution in [3.8, 4) is 0 Å². The Kier molecular flexibility index (Phi) is 10.7. The molecule has 0 aliphatic heterocycles. The van der Waals surface area contributed by atoms with E-state index in [0.717, 1.165) is 13.0 Å². The Morgan fingerprint density at radius 1 is 1.17 bits per heavy atom. The summed E-state index contributed by atoms with van der Waals surface area (Å²) in [6, 6.07) is 13.5. The minimum absolute atomic E-state index is 0.436. The number of hydrogen-bond donors (Lipinski definition) is 1. The van der Waals surface area contributed by atoms with Crippen molar-refractivity contribution in [2.45, 2.75) is 51.4 Å². The van der Waals surface area contributed by atoms with Crippen molar-refractivity contribution in [1.29, 1.82) is 0 Å². The fraction of sp³-hybridized carbons (Fsp3) is 0.500. The van der Waals surface area contributed by atoms with Crippen LogP contribution < -0.4 is 5.32 Å². The molecule has 0 amide bonds. The summed E-state index contributed by atoms with van der Waals surface area (Å²) in [7, 11) is 3.70. The zero-order chi connectivity index (χ0) is 20.9. The summed E-state index contributed by atoms with van der Waals surface area (Å²) in [5, 5.41) is 3.35. The third-order valence-electron chi connectivity index (χ3n) is 5.68. The van der Waals surface area contributed by atoms with Gasteiger partial charge in [0.25, 0.3) is 0 Å². The lowest BCUT2D eigenvalue weighted by Gasteiger charge is -2.32. The van der Waals surface area contributed by atoms with E-state index < -0.39 is 0 Å². The molecule has 1 aromatic heterocycles. The molecule has 0 saturated heterocycles. The van der Waals surface area contributed by atoms with Gasteiger partial charge in [-0.25, -0.2) is 0 Å². The first kappa shape index (κ1) is 23.3. The third-order valence-corrected chi connectivity index (χ3v) is 5.68. The van der Waals surface area contributed by atoms with Crippen molar-refractivity contribution in [2.24, 2.45) is 5.92 Å². The molecule has 1 aliphatic rings. The highest BCUT2D eigenvalue weighted by Gasteiger charge is 2.29. The van der Waals surface area contributed by atoms with E-state index in [4.69, 9.17) is 4.98 Å². The predicted molar refractivity (Wildman–Crippen MR) is 124 cm³/mol. The normalized spacial score (nSPS) is 16.3. The van der Waals surface area contributed by atoms with Gasteiger partial charge in [0, 0.05) is 19.2 Å². The molecule has 3 nitrogen and oxygen atoms in total. The molecule has 1 heterocycles. The van der Waals surface area contributed by atoms with Crippen LogP contribution in [0.3, 0.4) is 0 Å². The second-order valence-electron chi connectivity index (χ2n) is 7.76. The van der Waals surface area contributed by atoms with Gasteiger partial charge in [0.05, 0.1) is 12.3 Å². The quantitative estimate of drug-likeness (QED) is 0.596. The highest BCUT2D eigenvalue weighted by molar-refractivity contribution is 5.40. The molecule has 29 heavy (non-hydrogen) atoms. The van der Waals surface area contributed by atoms with Crippen LogP contribution in [-0.2, 0) is 17.6 Å². The number of benzene rings is 1. The van der Waals surface area contributed by atoms with Crippen LogP contribution in [0.15, 0.2) is 55.3 Å². The number of hydrogen-bond acceptors (Lipinski definition) is 3. The van der Waals surface area contributed by atoms with Crippen molar-refractivity contribution in [3.05, 3.63) is 77.6 Å². The highest BCUT2D eigenvalue weighted by Crippen LogP contribution is 2.40. The lowest BCUT2D eigenvalue weighted by Crippen LogP contribution is -2.23. The maximum absolute atomic E-state index is 4.89. The summed E-state index contributed by atoms with van der Waals surface area (Å²) < 4.78 is 4.57. The number of fused-ring (bicyclic) bond motifs is 2. The Balaban J connectivity index is 0.000000537. The number of methoxy groups -OCH3 is 1. The minimum Gasteiger partial charge on any atom is -0.381 e. The summed E-state index contributed by atoms with van der Waals surface area (Å²) in [5.74, 6) is 1.08. The summed E-state index contributed by atoms with van der Waals surface area (Å²) in [6.07, 6.45) is 10.9. The van der Waals surface area contributed by atoms with Gasteiger partial charge in [-0.1, -0.05) is 49.8 Å². The molecule has 1 N–H and O–H groups in total. The first-order chi connectivity index (χ1) is 14.3. The van der Waals surface area contributed by atoms with Crippen molar-refractivity contribution in [2.75, 3.05) is 27.3 Å². The van der Waals surface area contributed by atoms with Crippen LogP contribution in [-0.4, -0.2) is 32.3 Å². The average Bonchev–Trinajstić information content (AvgIpc) is 2.73. The maximum atomic E-state index is 4.89. The van der Waals surface area contributed by atoms with Gasteiger partial charge in [-0.15, -0.1) is 6.58 Å². The number of aryl methyl sites for hydroxylation is 2. The number of pyridine rings is 1. The zero-order valence-electron chi connectivity index (χ0n) is 18.5. The average molecular weight is 395 g/mol. The Morgan fingerprint density at radius 3 is 2.62 bits per heavy atom. The van der Waals surface area contributed by atoms with Gasteiger partial charge >= 0.3 is 0 Å². The lowest BCUT2D eigenvalue weighted by molar-refractivity contribution is 0.234. The number of rotatable bonds is 8. The molecular weight excluding hydrogens is 356 g/mol. The molecule has 0 fully saturated rings. The van der Waals surface area contributed by atoms with Crippen LogP contribution in [0.2, 0.25) is 0 Å². The van der Waals surface area contributed by atoms with E-state index in [-0.39, 0.29) is 0 Å². The zero-order valence-corrected chi connectivity index (χ0v) is 18.5. The van der Waals surface area contributed by atoms with Gasteiger partial charge in [0.15, 0.2) is 0 Å². The topological polar surface area (TPSA) is 34.1 Å². The molecule has 2 atom stereocenters. The fourth-order valence-corrected chi connectivity index (χ4v) is 4.40. The monoisotopic (exact) mass is 394 g/mol. The van der Waals surface area contributed by atoms with E-state index in [1.807, 2.05) is 6.20 Å². The Morgan fingerprint density at radius 2 is 1.93 bits per heavy atom. The van der Waals surface area contributed by atoms with Crippen molar-refractivity contribution < 1.29 is 4.74 Å². The van der Waals surface area contributed by atoms with E-state index in [0.29, 0.717) is 18.4 Å². The first-order valence-electron chi connectivity index (χ1n) is 11.0. The molecule has 0 bridgehead atoms. The van der Waals surface area contributed by atoms with Crippen molar-refractivity contribution >= 4 is 0 Å². The molecule has 3 rings (SSSR count). The molecule has 1 aromatic carbocycles. The minimum atomic E-state index is 0.436. The highest BCUT2D eigenvalue weighted by atomic mass is 16.5. The van der Waals surface area contributed by atoms with Gasteiger partial charge in [-0.2, -0.15) is 0 Å². The number of ether oxygens (including phenoxy) is 1. The molecule has 0 radical (unpaired) electrons. The molecule has 0 saturated carbocycles. The summed E-state index contributed by atoms with van der Waals surface area (Å²) in [4.78, 5) is 4.89. The molecule has 2 unspecified atom stereocenters. The molecule has 2 aromatic rings. The maximum Gasteiger partial charge on any atom is 0.0641 e. The summed E-state index contributed by atoms with van der Waals surface area (Å²) in [6.45, 7) is 7.46. The summed E-state index contributed by atoms with van der Waals surface area (Å²) in [5.41, 5.74) is 5.85. The number of nitrogens with one attached hydrogen (secondary N) is 1. The van der Waals surface area contributed by atoms with Crippen LogP contribution >= 0.6 is 0 Å². The molecule has 1 aliphatic carbocycles. The Hall–Kier alpha value is -1.97. The fourth-order valence-electron chi connectivity index (χ4n) is 4.40. The van der Waals surface area contributed by atoms with Crippen molar-refractivity contribution in [1.82, 2.24) is 10.3 Å². The van der Waals surface area contributed by atoms with Crippen LogP contribution in [0, 0.1) is 5.92 Å². The molecular formula is C26H38N2O. The van der Waals surface area contributed by atoms with E-state index in [2.05, 4.69) is 67.0 Å². The lowest BCUT2D eigenvalue weighted by atomic mass is 9.74. The van der Waals surface area contributed by atoms with E-state index in [1.165, 1.54) is 54.5 Å². The smallest absolute Gasteiger partial charge is 0.0641 e. The molecule has 158 valence electrons. The van der Waals surface area contributed by atoms with Gasteiger partial charge in [0.1, 0.15) is 0 Å². The Labute approximate surface area is 177 Å². The molecule has 0 spiro atoms. The van der Waals surface area contributed by atoms with Crippen molar-refractivity contribution in [3.63, 3.8) is 0 Å². The van der Waals surface area contributed by atoms with Crippen LogP contribution in [0.4, 0.5) is 0 Å². The predicted octanol–water partition coefficient (Wildman–Crippen LogP) is 5.55. The standard InChI is InChI=1S/C22H30N2.C4H8O/c1-3-8-18(14-16-23-2)21-20-13-5-4-9-17(20)10-6-11-19-12-7-15-24-22(19)21;1-3-4-5-2/h4-5,7,9,12-13,15,18,21,23H,3,6,8,10-11,14,16H2,1-2H3;3H,1,4H2,2H3. The van der Waals surface area contributed by atoms with Crippen LogP contribution in [0.5, 0.6) is 0 Å². The van der Waals surface area contributed by atoms with Gasteiger partial charge < -0.3 is 10.1 Å². The third kappa shape index (κ3) is 6.80. The summed E-state index contributed by atoms with van der Waals surface area (Å²) >= 11 is 0. The number of nitrogens with zero attached hydrogens (tertiary/aromatic N) is 1. The second kappa shape index (κ2) is 13.3. The Bertz CT molecular complexity index is 681. The van der Waals surface area contributed by atoms with E-state index in [1.54, 1.807) is 13.2 Å². The van der Waals surface area contributed by atoms with Crippen LogP contribution in [0.1, 0.15) is 60.9 Å². The molecule has 3 heteroatoms. The van der Waals surface area contributed by atoms with Gasteiger partial charge in [0.2, 0.25) is 0 Å². The second-order valence-corrected chi connectivity index (χ2v) is 7.76. The van der Waals surface area contributed by atoms with Crippen LogP contribution in [0.25, 0.3) is 0 Å². The van der Waals surface area contributed by atoms with Gasteiger partial charge in [-0.3, -0.25) is 4.98 Å². The first-order valence-corrected chi connectivity index (χ1v) is 11.0.